The number of ether oxygens (including phenoxy) is 1. The van der Waals surface area contributed by atoms with Gasteiger partial charge in [0.1, 0.15) is 0 Å². The highest BCUT2D eigenvalue weighted by Gasteiger charge is 2.20. The minimum atomic E-state index is 0. The average molecular weight is 473 g/mol. The van der Waals surface area contributed by atoms with E-state index in [1.54, 1.807) is 18.4 Å². The van der Waals surface area contributed by atoms with Gasteiger partial charge in [0.15, 0.2) is 5.96 Å². The lowest BCUT2D eigenvalue weighted by atomic mass is 10.3. The van der Waals surface area contributed by atoms with Crippen LogP contribution in [0.3, 0.4) is 0 Å². The molecule has 6 nitrogen and oxygen atoms in total. The molecule has 0 unspecified atom stereocenters. The van der Waals surface area contributed by atoms with E-state index in [0.29, 0.717) is 12.4 Å². The molecular weight excluding hydrogens is 449 g/mol. The van der Waals surface area contributed by atoms with Crippen molar-refractivity contribution in [1.82, 2.24) is 15.2 Å². The van der Waals surface area contributed by atoms with E-state index in [0.717, 1.165) is 37.7 Å². The first-order valence-corrected chi connectivity index (χ1v) is 8.91. The van der Waals surface area contributed by atoms with Gasteiger partial charge >= 0.3 is 0 Å². The number of nitrogens with one attached hydrogen (secondary N) is 1. The van der Waals surface area contributed by atoms with Gasteiger partial charge < -0.3 is 19.9 Å². The fourth-order valence-corrected chi connectivity index (χ4v) is 3.52. The number of methoxy groups -OCH3 is 1. The highest BCUT2D eigenvalue weighted by Crippen LogP contribution is 2.22. The molecule has 25 heavy (non-hydrogen) atoms. The van der Waals surface area contributed by atoms with Crippen molar-refractivity contribution < 1.29 is 4.74 Å². The van der Waals surface area contributed by atoms with Gasteiger partial charge in [0, 0.05) is 52.0 Å². The molecule has 0 radical (unpaired) electrons. The zero-order chi connectivity index (χ0) is 16.8. The lowest BCUT2D eigenvalue weighted by molar-refractivity contribution is 0.373. The molecule has 3 heterocycles. The number of guanidine groups is 1. The molecule has 0 bridgehead atoms. The summed E-state index contributed by atoms with van der Waals surface area (Å²) in [6.45, 7) is 4.68. The first kappa shape index (κ1) is 19.8. The molecule has 0 aliphatic carbocycles. The third-order valence-electron chi connectivity index (χ3n) is 4.07. The Morgan fingerprint density at radius 1 is 1.28 bits per heavy atom. The molecule has 0 amide bonds. The third kappa shape index (κ3) is 5.21. The Labute approximate surface area is 169 Å². The van der Waals surface area contributed by atoms with E-state index >= 15 is 0 Å². The summed E-state index contributed by atoms with van der Waals surface area (Å²) in [6.07, 6.45) is 1.83. The largest absolute Gasteiger partial charge is 0.481 e. The maximum atomic E-state index is 5.08. The van der Waals surface area contributed by atoms with Crippen LogP contribution in [0.5, 0.6) is 5.88 Å². The highest BCUT2D eigenvalue weighted by atomic mass is 127. The molecule has 1 saturated heterocycles. The summed E-state index contributed by atoms with van der Waals surface area (Å²) in [5, 5.41) is 6.90. The van der Waals surface area contributed by atoms with Crippen molar-refractivity contribution in [2.45, 2.75) is 6.54 Å². The molecule has 1 fully saturated rings. The van der Waals surface area contributed by atoms with Crippen LogP contribution >= 0.6 is 35.3 Å². The molecule has 1 aliphatic rings. The van der Waals surface area contributed by atoms with Crippen molar-refractivity contribution in [3.05, 3.63) is 41.4 Å². The summed E-state index contributed by atoms with van der Waals surface area (Å²) in [6, 6.07) is 8.18. The maximum Gasteiger partial charge on any atom is 0.212 e. The molecule has 1 aliphatic heterocycles. The molecule has 2 aromatic rings. The topological polar surface area (TPSA) is 53.0 Å². The van der Waals surface area contributed by atoms with Crippen LogP contribution < -0.4 is 15.0 Å². The fourth-order valence-electron chi connectivity index (χ4n) is 2.74. The van der Waals surface area contributed by atoms with Gasteiger partial charge in [-0.15, -0.1) is 35.3 Å². The van der Waals surface area contributed by atoms with E-state index in [-0.39, 0.29) is 24.0 Å². The second-order valence-corrected chi connectivity index (χ2v) is 6.46. The number of thiophene rings is 1. The molecule has 2 aromatic heterocycles. The number of piperazine rings is 1. The predicted octanol–water partition coefficient (Wildman–Crippen LogP) is 2.67. The zero-order valence-corrected chi connectivity index (χ0v) is 17.7. The van der Waals surface area contributed by atoms with Crippen molar-refractivity contribution in [2.75, 3.05) is 45.2 Å². The van der Waals surface area contributed by atoms with Gasteiger partial charge in [-0.2, -0.15) is 0 Å². The van der Waals surface area contributed by atoms with E-state index < -0.39 is 0 Å². The number of aromatic nitrogens is 1. The number of halogens is 1. The van der Waals surface area contributed by atoms with Gasteiger partial charge in [0.05, 0.1) is 12.1 Å². The molecule has 8 heteroatoms. The lowest BCUT2D eigenvalue weighted by Crippen LogP contribution is -2.52. The molecule has 0 aromatic carbocycles. The molecule has 136 valence electrons. The molecule has 1 N–H and O–H groups in total. The Hall–Kier alpha value is -1.55. The molecule has 0 saturated carbocycles. The minimum absolute atomic E-state index is 0. The van der Waals surface area contributed by atoms with Gasteiger partial charge in [-0.1, -0.05) is 6.07 Å². The maximum absolute atomic E-state index is 5.08. The van der Waals surface area contributed by atoms with Crippen LogP contribution in [0.25, 0.3) is 0 Å². The monoisotopic (exact) mass is 473 g/mol. The quantitative estimate of drug-likeness (QED) is 0.421. The van der Waals surface area contributed by atoms with E-state index in [2.05, 4.69) is 42.6 Å². The highest BCUT2D eigenvalue weighted by molar-refractivity contribution is 14.0. The van der Waals surface area contributed by atoms with E-state index in [1.165, 1.54) is 5.00 Å². The van der Waals surface area contributed by atoms with Crippen molar-refractivity contribution >= 4 is 46.3 Å². The van der Waals surface area contributed by atoms with Crippen LogP contribution in [0, 0.1) is 0 Å². The Morgan fingerprint density at radius 3 is 2.64 bits per heavy atom. The summed E-state index contributed by atoms with van der Waals surface area (Å²) >= 11 is 1.80. The van der Waals surface area contributed by atoms with Crippen molar-refractivity contribution in [1.29, 1.82) is 0 Å². The smallest absolute Gasteiger partial charge is 0.212 e. The van der Waals surface area contributed by atoms with Crippen LogP contribution in [0.1, 0.15) is 5.56 Å². The predicted molar refractivity (Wildman–Crippen MR) is 115 cm³/mol. The number of hydrogen-bond acceptors (Lipinski definition) is 5. The minimum Gasteiger partial charge on any atom is -0.481 e. The van der Waals surface area contributed by atoms with Gasteiger partial charge in [0.25, 0.3) is 0 Å². The molecule has 0 spiro atoms. The Morgan fingerprint density at radius 2 is 2.08 bits per heavy atom. The zero-order valence-electron chi connectivity index (χ0n) is 14.5. The first-order valence-electron chi connectivity index (χ1n) is 8.03. The van der Waals surface area contributed by atoms with Gasteiger partial charge in [-0.05, 0) is 23.1 Å². The van der Waals surface area contributed by atoms with Crippen LogP contribution in [0.15, 0.2) is 40.8 Å². The second kappa shape index (κ2) is 9.81. The summed E-state index contributed by atoms with van der Waals surface area (Å²) in [5.74, 6) is 1.57. The Kier molecular flexibility index (Phi) is 7.76. The van der Waals surface area contributed by atoms with Gasteiger partial charge in [-0.3, -0.25) is 4.99 Å². The normalized spacial score (nSPS) is 14.9. The van der Waals surface area contributed by atoms with Crippen LogP contribution in [0.2, 0.25) is 0 Å². The summed E-state index contributed by atoms with van der Waals surface area (Å²) in [4.78, 5) is 13.4. The van der Waals surface area contributed by atoms with Crippen molar-refractivity contribution in [3.8, 4) is 5.88 Å². The Bertz CT molecular complexity index is 654. The number of hydrogen-bond donors (Lipinski definition) is 1. The molecule has 3 rings (SSSR count). The summed E-state index contributed by atoms with van der Waals surface area (Å²) in [5.41, 5.74) is 1.11. The number of nitrogens with zero attached hydrogens (tertiary/aromatic N) is 4. The first-order chi connectivity index (χ1) is 11.8. The third-order valence-corrected chi connectivity index (χ3v) is 5.00. The number of pyridine rings is 1. The second-order valence-electron chi connectivity index (χ2n) is 5.53. The summed E-state index contributed by atoms with van der Waals surface area (Å²) < 4.78 is 5.08. The Balaban J connectivity index is 0.00000225. The lowest BCUT2D eigenvalue weighted by Gasteiger charge is -2.37. The number of anilines is 1. The number of aliphatic imine (C=N–C) groups is 1. The van der Waals surface area contributed by atoms with E-state index in [9.17, 15) is 0 Å². The van der Waals surface area contributed by atoms with Crippen molar-refractivity contribution in [2.24, 2.45) is 4.99 Å². The van der Waals surface area contributed by atoms with E-state index in [1.807, 2.05) is 25.4 Å². The standard InChI is InChI=1S/C17H23N5OS.HI/c1-18-17(20-13-14-5-6-15(23-2)19-12-14)22-9-7-21(8-10-22)16-4-3-11-24-16;/h3-6,11-12H,7-10,13H2,1-2H3,(H,18,20);1H. The van der Waals surface area contributed by atoms with Crippen LogP contribution in [-0.2, 0) is 6.54 Å². The fraction of sp³-hybridized carbons (Fsp3) is 0.412. The summed E-state index contributed by atoms with van der Waals surface area (Å²) in [7, 11) is 3.46. The van der Waals surface area contributed by atoms with Gasteiger partial charge in [0.2, 0.25) is 5.88 Å². The average Bonchev–Trinajstić information content (AvgIpc) is 3.18. The van der Waals surface area contributed by atoms with Gasteiger partial charge in [-0.25, -0.2) is 4.98 Å². The number of rotatable bonds is 4. The molecule has 0 atom stereocenters. The van der Waals surface area contributed by atoms with Crippen LogP contribution in [-0.4, -0.2) is 56.2 Å². The van der Waals surface area contributed by atoms with E-state index in [4.69, 9.17) is 4.74 Å². The SMILES string of the molecule is CN=C(NCc1ccc(OC)nc1)N1CCN(c2cccs2)CC1.I. The van der Waals surface area contributed by atoms with Crippen LogP contribution in [0.4, 0.5) is 5.00 Å². The molecular formula is C17H24IN5OS. The van der Waals surface area contributed by atoms with Crippen molar-refractivity contribution in [3.63, 3.8) is 0 Å².